The summed E-state index contributed by atoms with van der Waals surface area (Å²) in [5.41, 5.74) is 5.64. The van der Waals surface area contributed by atoms with Gasteiger partial charge in [0.05, 0.1) is 10.6 Å². The van der Waals surface area contributed by atoms with Crippen molar-refractivity contribution in [3.63, 3.8) is 0 Å². The van der Waals surface area contributed by atoms with Gasteiger partial charge in [0.25, 0.3) is 5.91 Å². The van der Waals surface area contributed by atoms with Crippen molar-refractivity contribution in [1.82, 2.24) is 4.90 Å². The van der Waals surface area contributed by atoms with Crippen LogP contribution in [0, 0.1) is 5.82 Å². The number of halogens is 3. The molecular formula is C11H13Cl2FN2O. The number of nitrogens with two attached hydrogens (primary N) is 1. The lowest BCUT2D eigenvalue weighted by molar-refractivity contribution is 0.0786. The Labute approximate surface area is 110 Å². The van der Waals surface area contributed by atoms with E-state index in [1.165, 1.54) is 23.1 Å². The van der Waals surface area contributed by atoms with Gasteiger partial charge in [0, 0.05) is 19.1 Å². The first-order chi connectivity index (χ1) is 7.59. The van der Waals surface area contributed by atoms with Crippen LogP contribution in [0.15, 0.2) is 18.2 Å². The molecular weight excluding hydrogens is 266 g/mol. The van der Waals surface area contributed by atoms with Gasteiger partial charge >= 0.3 is 0 Å². The highest BCUT2D eigenvalue weighted by atomic mass is 35.5. The molecule has 1 aromatic rings. The standard InChI is InChI=1S/C11H12ClFN2O.ClH/c12-8-2-1-3-9(13)10(8)11(16)15-5-4-7(14)6-15;/h1-3,7H,4-6,14H2;1H/t7-;/m0./s1. The Morgan fingerprint density at radius 3 is 2.76 bits per heavy atom. The van der Waals surface area contributed by atoms with Crippen LogP contribution in [0.3, 0.4) is 0 Å². The van der Waals surface area contributed by atoms with E-state index in [1.807, 2.05) is 0 Å². The smallest absolute Gasteiger partial charge is 0.258 e. The molecule has 1 aromatic carbocycles. The van der Waals surface area contributed by atoms with E-state index in [0.717, 1.165) is 6.42 Å². The summed E-state index contributed by atoms with van der Waals surface area (Å²) in [4.78, 5) is 13.5. The third kappa shape index (κ3) is 2.89. The molecule has 1 aliphatic heterocycles. The molecule has 2 rings (SSSR count). The van der Waals surface area contributed by atoms with Crippen LogP contribution in [0.1, 0.15) is 16.8 Å². The van der Waals surface area contributed by atoms with Crippen molar-refractivity contribution in [1.29, 1.82) is 0 Å². The summed E-state index contributed by atoms with van der Waals surface area (Å²) in [5, 5.41) is 0.144. The molecule has 0 aromatic heterocycles. The number of likely N-dealkylation sites (tertiary alicyclic amines) is 1. The lowest BCUT2D eigenvalue weighted by Gasteiger charge is -2.16. The summed E-state index contributed by atoms with van der Waals surface area (Å²) >= 11 is 5.82. The Morgan fingerprint density at radius 2 is 2.24 bits per heavy atom. The van der Waals surface area contributed by atoms with Crippen molar-refractivity contribution in [3.8, 4) is 0 Å². The van der Waals surface area contributed by atoms with E-state index in [2.05, 4.69) is 0 Å². The van der Waals surface area contributed by atoms with Gasteiger partial charge in [-0.05, 0) is 18.6 Å². The molecule has 1 aliphatic rings. The fourth-order valence-corrected chi connectivity index (χ4v) is 2.08. The maximum atomic E-state index is 13.5. The van der Waals surface area contributed by atoms with Gasteiger partial charge in [0.2, 0.25) is 0 Å². The number of carbonyl (C=O) groups is 1. The van der Waals surface area contributed by atoms with Gasteiger partial charge in [-0.3, -0.25) is 4.79 Å². The Hall–Kier alpha value is -0.840. The predicted molar refractivity (Wildman–Crippen MR) is 67.2 cm³/mol. The van der Waals surface area contributed by atoms with E-state index < -0.39 is 5.82 Å². The van der Waals surface area contributed by atoms with Crippen molar-refractivity contribution in [2.75, 3.05) is 13.1 Å². The van der Waals surface area contributed by atoms with Crippen LogP contribution in [0.2, 0.25) is 5.02 Å². The second kappa shape index (κ2) is 5.67. The molecule has 0 bridgehead atoms. The molecule has 0 saturated carbocycles. The number of hydrogen-bond acceptors (Lipinski definition) is 2. The molecule has 1 atom stereocenters. The van der Waals surface area contributed by atoms with Crippen molar-refractivity contribution >= 4 is 29.9 Å². The quantitative estimate of drug-likeness (QED) is 0.855. The minimum Gasteiger partial charge on any atom is -0.337 e. The van der Waals surface area contributed by atoms with E-state index >= 15 is 0 Å². The molecule has 0 aliphatic carbocycles. The molecule has 0 unspecified atom stereocenters. The summed E-state index contributed by atoms with van der Waals surface area (Å²) in [7, 11) is 0. The van der Waals surface area contributed by atoms with E-state index in [-0.39, 0.29) is 34.9 Å². The Kier molecular flexibility index (Phi) is 4.74. The van der Waals surface area contributed by atoms with Crippen LogP contribution in [-0.2, 0) is 0 Å². The van der Waals surface area contributed by atoms with Crippen LogP contribution >= 0.6 is 24.0 Å². The summed E-state index contributed by atoms with van der Waals surface area (Å²) < 4.78 is 13.5. The first-order valence-electron chi connectivity index (χ1n) is 5.08. The van der Waals surface area contributed by atoms with Gasteiger partial charge < -0.3 is 10.6 Å². The molecule has 2 N–H and O–H groups in total. The SMILES string of the molecule is Cl.N[C@H]1CCN(C(=O)c2c(F)cccc2Cl)C1. The molecule has 6 heteroatoms. The van der Waals surface area contributed by atoms with Crippen molar-refractivity contribution < 1.29 is 9.18 Å². The molecule has 1 heterocycles. The number of benzene rings is 1. The average Bonchev–Trinajstić information content (AvgIpc) is 2.64. The van der Waals surface area contributed by atoms with Crippen LogP contribution in [0.25, 0.3) is 0 Å². The summed E-state index contributed by atoms with van der Waals surface area (Å²) in [5.74, 6) is -0.964. The first-order valence-corrected chi connectivity index (χ1v) is 5.46. The van der Waals surface area contributed by atoms with Gasteiger partial charge in [0.1, 0.15) is 5.82 Å². The Balaban J connectivity index is 0.00000144. The summed E-state index contributed by atoms with van der Waals surface area (Å²) in [6, 6.07) is 4.20. The highest BCUT2D eigenvalue weighted by Gasteiger charge is 2.27. The molecule has 0 radical (unpaired) electrons. The van der Waals surface area contributed by atoms with Gasteiger partial charge in [-0.2, -0.15) is 0 Å². The van der Waals surface area contributed by atoms with Crippen molar-refractivity contribution in [2.45, 2.75) is 12.5 Å². The minimum absolute atomic E-state index is 0. The maximum Gasteiger partial charge on any atom is 0.258 e. The first kappa shape index (κ1) is 14.2. The number of hydrogen-bond donors (Lipinski definition) is 1. The van der Waals surface area contributed by atoms with Gasteiger partial charge in [-0.1, -0.05) is 17.7 Å². The predicted octanol–water partition coefficient (Wildman–Crippen LogP) is 2.07. The van der Waals surface area contributed by atoms with Gasteiger partial charge in [0.15, 0.2) is 0 Å². The number of rotatable bonds is 1. The molecule has 0 spiro atoms. The van der Waals surface area contributed by atoms with Crippen molar-refractivity contribution in [3.05, 3.63) is 34.6 Å². The second-order valence-corrected chi connectivity index (χ2v) is 4.30. The van der Waals surface area contributed by atoms with E-state index in [1.54, 1.807) is 0 Å². The minimum atomic E-state index is -0.585. The van der Waals surface area contributed by atoms with Gasteiger partial charge in [-0.25, -0.2) is 4.39 Å². The highest BCUT2D eigenvalue weighted by molar-refractivity contribution is 6.33. The lowest BCUT2D eigenvalue weighted by atomic mass is 10.2. The normalized spacial score (nSPS) is 19.0. The third-order valence-electron chi connectivity index (χ3n) is 2.69. The zero-order chi connectivity index (χ0) is 11.7. The summed E-state index contributed by atoms with van der Waals surface area (Å²) in [6.07, 6.45) is 0.748. The summed E-state index contributed by atoms with van der Waals surface area (Å²) in [6.45, 7) is 1.02. The van der Waals surface area contributed by atoms with E-state index in [4.69, 9.17) is 17.3 Å². The third-order valence-corrected chi connectivity index (χ3v) is 3.00. The van der Waals surface area contributed by atoms with Crippen LogP contribution in [0.5, 0.6) is 0 Å². The number of carbonyl (C=O) groups excluding carboxylic acids is 1. The van der Waals surface area contributed by atoms with Crippen LogP contribution in [-0.4, -0.2) is 29.9 Å². The zero-order valence-electron chi connectivity index (χ0n) is 9.03. The fourth-order valence-electron chi connectivity index (χ4n) is 1.83. The molecule has 1 fully saturated rings. The van der Waals surface area contributed by atoms with Gasteiger partial charge in [-0.15, -0.1) is 12.4 Å². The van der Waals surface area contributed by atoms with Crippen LogP contribution in [0.4, 0.5) is 4.39 Å². The molecule has 1 saturated heterocycles. The monoisotopic (exact) mass is 278 g/mol. The molecule has 3 nitrogen and oxygen atoms in total. The van der Waals surface area contributed by atoms with Crippen LogP contribution < -0.4 is 5.73 Å². The lowest BCUT2D eigenvalue weighted by Crippen LogP contribution is -2.32. The zero-order valence-corrected chi connectivity index (χ0v) is 10.6. The fraction of sp³-hybridized carbons (Fsp3) is 0.364. The maximum absolute atomic E-state index is 13.5. The largest absolute Gasteiger partial charge is 0.337 e. The molecule has 1 amide bonds. The van der Waals surface area contributed by atoms with E-state index in [0.29, 0.717) is 13.1 Å². The molecule has 94 valence electrons. The Morgan fingerprint density at radius 1 is 1.53 bits per heavy atom. The molecule has 17 heavy (non-hydrogen) atoms. The number of nitrogens with zero attached hydrogens (tertiary/aromatic N) is 1. The Bertz CT molecular complexity index is 408. The highest BCUT2D eigenvalue weighted by Crippen LogP contribution is 2.22. The number of amides is 1. The average molecular weight is 279 g/mol. The van der Waals surface area contributed by atoms with E-state index in [9.17, 15) is 9.18 Å². The topological polar surface area (TPSA) is 46.3 Å². The second-order valence-electron chi connectivity index (χ2n) is 3.90. The van der Waals surface area contributed by atoms with Crippen molar-refractivity contribution in [2.24, 2.45) is 5.73 Å².